The first kappa shape index (κ1) is 15.3. The van der Waals surface area contributed by atoms with E-state index in [0.29, 0.717) is 20.9 Å². The highest BCUT2D eigenvalue weighted by Crippen LogP contribution is 2.34. The number of halogens is 2. The van der Waals surface area contributed by atoms with Gasteiger partial charge >= 0.3 is 0 Å². The maximum absolute atomic E-state index is 13.7. The van der Waals surface area contributed by atoms with E-state index in [1.165, 1.54) is 17.8 Å². The summed E-state index contributed by atoms with van der Waals surface area (Å²) in [5.74, 6) is 0.399. The maximum Gasteiger partial charge on any atom is 0.137 e. The SMILES string of the molecule is Cc1c(Cl)nc(C(C)(C)C)nc1Sc1ccccc1F. The van der Waals surface area contributed by atoms with Gasteiger partial charge in [0.25, 0.3) is 0 Å². The molecular formula is C15H16ClFN2S. The standard InChI is InChI=1S/C15H16ClFN2S/c1-9-12(16)18-14(15(2,3)4)19-13(9)20-11-8-6-5-7-10(11)17/h5-8H,1-4H3. The highest BCUT2D eigenvalue weighted by molar-refractivity contribution is 7.99. The second-order valence-corrected chi connectivity index (χ2v) is 6.94. The van der Waals surface area contributed by atoms with E-state index in [4.69, 9.17) is 11.6 Å². The highest BCUT2D eigenvalue weighted by Gasteiger charge is 2.21. The molecule has 0 N–H and O–H groups in total. The van der Waals surface area contributed by atoms with E-state index < -0.39 is 0 Å². The zero-order valence-electron chi connectivity index (χ0n) is 11.9. The van der Waals surface area contributed by atoms with Crippen LogP contribution in [-0.4, -0.2) is 9.97 Å². The van der Waals surface area contributed by atoms with E-state index in [2.05, 4.69) is 9.97 Å². The van der Waals surface area contributed by atoms with Crippen molar-refractivity contribution in [2.45, 2.75) is 43.0 Å². The number of rotatable bonds is 2. The Morgan fingerprint density at radius 2 is 1.80 bits per heavy atom. The smallest absolute Gasteiger partial charge is 0.137 e. The van der Waals surface area contributed by atoms with Crippen LogP contribution in [0.2, 0.25) is 5.15 Å². The van der Waals surface area contributed by atoms with Gasteiger partial charge in [-0.25, -0.2) is 14.4 Å². The summed E-state index contributed by atoms with van der Waals surface area (Å²) in [7, 11) is 0. The van der Waals surface area contributed by atoms with E-state index in [0.717, 1.165) is 5.56 Å². The van der Waals surface area contributed by atoms with Crippen LogP contribution in [0.5, 0.6) is 0 Å². The Bertz CT molecular complexity index is 638. The van der Waals surface area contributed by atoms with Crippen LogP contribution < -0.4 is 0 Å². The Morgan fingerprint density at radius 1 is 1.15 bits per heavy atom. The lowest BCUT2D eigenvalue weighted by molar-refractivity contribution is 0.537. The maximum atomic E-state index is 13.7. The summed E-state index contributed by atoms with van der Waals surface area (Å²) in [5.41, 5.74) is 0.565. The average molecular weight is 311 g/mol. The van der Waals surface area contributed by atoms with Crippen molar-refractivity contribution in [3.8, 4) is 0 Å². The van der Waals surface area contributed by atoms with Crippen molar-refractivity contribution in [1.82, 2.24) is 9.97 Å². The molecule has 1 heterocycles. The first-order chi connectivity index (χ1) is 9.29. The van der Waals surface area contributed by atoms with Gasteiger partial charge in [0.2, 0.25) is 0 Å². The molecule has 0 saturated heterocycles. The zero-order valence-corrected chi connectivity index (χ0v) is 13.4. The van der Waals surface area contributed by atoms with Crippen LogP contribution in [0.15, 0.2) is 34.2 Å². The van der Waals surface area contributed by atoms with Gasteiger partial charge < -0.3 is 0 Å². The van der Waals surface area contributed by atoms with Crippen LogP contribution in [0.25, 0.3) is 0 Å². The quantitative estimate of drug-likeness (QED) is 0.728. The first-order valence-corrected chi connectivity index (χ1v) is 7.45. The van der Waals surface area contributed by atoms with E-state index in [1.54, 1.807) is 18.2 Å². The molecule has 1 aromatic carbocycles. The molecule has 0 saturated carbocycles. The number of nitrogens with zero attached hydrogens (tertiary/aromatic N) is 2. The van der Waals surface area contributed by atoms with E-state index in [9.17, 15) is 4.39 Å². The Hall–Kier alpha value is -1.13. The molecule has 2 rings (SSSR count). The third-order valence-electron chi connectivity index (χ3n) is 2.76. The van der Waals surface area contributed by atoms with Crippen molar-refractivity contribution < 1.29 is 4.39 Å². The Balaban J connectivity index is 2.46. The van der Waals surface area contributed by atoms with E-state index >= 15 is 0 Å². The van der Waals surface area contributed by atoms with Crippen molar-refractivity contribution >= 4 is 23.4 Å². The van der Waals surface area contributed by atoms with Crippen LogP contribution in [0, 0.1) is 12.7 Å². The molecule has 0 radical (unpaired) electrons. The number of hydrogen-bond donors (Lipinski definition) is 0. The third-order valence-corrected chi connectivity index (χ3v) is 4.27. The fourth-order valence-electron chi connectivity index (χ4n) is 1.54. The second kappa shape index (κ2) is 5.70. The van der Waals surface area contributed by atoms with Crippen LogP contribution in [0.3, 0.4) is 0 Å². The van der Waals surface area contributed by atoms with Crippen LogP contribution in [0.4, 0.5) is 4.39 Å². The molecule has 5 heteroatoms. The second-order valence-electron chi connectivity index (χ2n) is 5.55. The molecule has 0 atom stereocenters. The summed E-state index contributed by atoms with van der Waals surface area (Å²) >= 11 is 7.45. The molecule has 2 aromatic rings. The molecule has 0 aliphatic rings. The molecule has 0 aliphatic carbocycles. The minimum absolute atomic E-state index is 0.206. The van der Waals surface area contributed by atoms with Gasteiger partial charge in [-0.05, 0) is 19.1 Å². The van der Waals surface area contributed by atoms with Gasteiger partial charge in [0.05, 0.1) is 0 Å². The molecule has 0 bridgehead atoms. The van der Waals surface area contributed by atoms with Crippen LogP contribution in [-0.2, 0) is 5.41 Å². The van der Waals surface area contributed by atoms with Gasteiger partial charge in [-0.1, -0.05) is 56.3 Å². The molecule has 0 fully saturated rings. The van der Waals surface area contributed by atoms with Crippen LogP contribution in [0.1, 0.15) is 32.2 Å². The summed E-state index contributed by atoms with van der Waals surface area (Å²) in [6, 6.07) is 6.63. The lowest BCUT2D eigenvalue weighted by Crippen LogP contribution is -2.17. The van der Waals surface area contributed by atoms with E-state index in [-0.39, 0.29) is 11.2 Å². The fourth-order valence-corrected chi connectivity index (χ4v) is 2.66. The molecule has 0 aliphatic heterocycles. The fraction of sp³-hybridized carbons (Fsp3) is 0.333. The van der Waals surface area contributed by atoms with Crippen molar-refractivity contribution in [1.29, 1.82) is 0 Å². The summed E-state index contributed by atoms with van der Waals surface area (Å²) < 4.78 is 13.7. The average Bonchev–Trinajstić information content (AvgIpc) is 2.36. The van der Waals surface area contributed by atoms with Gasteiger partial charge in [0.1, 0.15) is 21.8 Å². The van der Waals surface area contributed by atoms with Gasteiger partial charge in [-0.2, -0.15) is 0 Å². The third kappa shape index (κ3) is 3.30. The molecule has 20 heavy (non-hydrogen) atoms. The van der Waals surface area contributed by atoms with Crippen molar-refractivity contribution in [2.75, 3.05) is 0 Å². The molecule has 0 spiro atoms. The largest absolute Gasteiger partial charge is 0.225 e. The molecule has 1 aromatic heterocycles. The lowest BCUT2D eigenvalue weighted by atomic mass is 9.96. The lowest BCUT2D eigenvalue weighted by Gasteiger charge is -2.18. The molecule has 2 nitrogen and oxygen atoms in total. The molecule has 0 amide bonds. The summed E-state index contributed by atoms with van der Waals surface area (Å²) in [5, 5.41) is 1.11. The number of benzene rings is 1. The van der Waals surface area contributed by atoms with Gasteiger partial charge in [-0.15, -0.1) is 0 Å². The van der Waals surface area contributed by atoms with Crippen molar-refractivity contribution in [3.63, 3.8) is 0 Å². The Morgan fingerprint density at radius 3 is 2.40 bits per heavy atom. The molecule has 106 valence electrons. The van der Waals surface area contributed by atoms with E-state index in [1.807, 2.05) is 27.7 Å². The van der Waals surface area contributed by atoms with Crippen molar-refractivity contribution in [2.24, 2.45) is 0 Å². The van der Waals surface area contributed by atoms with Crippen molar-refractivity contribution in [3.05, 3.63) is 46.6 Å². The minimum atomic E-state index is -0.260. The Labute approximate surface area is 127 Å². The number of hydrogen-bond acceptors (Lipinski definition) is 3. The summed E-state index contributed by atoms with van der Waals surface area (Å²) in [4.78, 5) is 9.39. The predicted molar refractivity (Wildman–Crippen MR) is 81.0 cm³/mol. The summed E-state index contributed by atoms with van der Waals surface area (Å²) in [6.07, 6.45) is 0. The monoisotopic (exact) mass is 310 g/mol. The van der Waals surface area contributed by atoms with Gasteiger partial charge in [0, 0.05) is 15.9 Å². The van der Waals surface area contributed by atoms with Gasteiger partial charge in [0.15, 0.2) is 0 Å². The molecular weight excluding hydrogens is 295 g/mol. The summed E-state index contributed by atoms with van der Waals surface area (Å²) in [6.45, 7) is 7.90. The first-order valence-electron chi connectivity index (χ1n) is 6.26. The molecule has 0 unspecified atom stereocenters. The zero-order chi connectivity index (χ0) is 14.9. The van der Waals surface area contributed by atoms with Gasteiger partial charge in [-0.3, -0.25) is 0 Å². The van der Waals surface area contributed by atoms with Crippen LogP contribution >= 0.6 is 23.4 Å². The number of aromatic nitrogens is 2. The predicted octanol–water partition coefficient (Wildman–Crippen LogP) is 5.03. The normalized spacial score (nSPS) is 11.7. The minimum Gasteiger partial charge on any atom is -0.225 e. The topological polar surface area (TPSA) is 25.8 Å². The Kier molecular flexibility index (Phi) is 4.35. The highest BCUT2D eigenvalue weighted by atomic mass is 35.5.